The Bertz CT molecular complexity index is 271. The molecule has 0 radical (unpaired) electrons. The summed E-state index contributed by atoms with van der Waals surface area (Å²) in [6, 6.07) is 1.77. The van der Waals surface area contributed by atoms with Crippen LogP contribution in [0.4, 0.5) is 5.69 Å². The van der Waals surface area contributed by atoms with Crippen LogP contribution in [0.15, 0.2) is 12.3 Å². The first-order chi connectivity index (χ1) is 5.24. The molecule has 1 aromatic rings. The second-order valence-corrected chi connectivity index (χ2v) is 2.38. The van der Waals surface area contributed by atoms with Crippen molar-refractivity contribution in [1.82, 2.24) is 4.98 Å². The summed E-state index contributed by atoms with van der Waals surface area (Å²) >= 11 is 0. The van der Waals surface area contributed by atoms with Gasteiger partial charge in [-0.2, -0.15) is 0 Å². The van der Waals surface area contributed by atoms with Crippen LogP contribution in [-0.2, 0) is 11.2 Å². The van der Waals surface area contributed by atoms with E-state index in [1.807, 2.05) is 6.92 Å². The van der Waals surface area contributed by atoms with E-state index in [-0.39, 0.29) is 0 Å². The summed E-state index contributed by atoms with van der Waals surface area (Å²) in [6.45, 7) is 1.86. The Kier molecular flexibility index (Phi) is 2.21. The van der Waals surface area contributed by atoms with Gasteiger partial charge in [0.05, 0.1) is 11.9 Å². The Morgan fingerprint density at radius 2 is 2.45 bits per heavy atom. The lowest BCUT2D eigenvalue weighted by Crippen LogP contribution is -1.96. The number of anilines is 1. The number of hydrogen-bond donors (Lipinski definition) is 1. The Hall–Kier alpha value is -1.38. The van der Waals surface area contributed by atoms with Crippen LogP contribution in [0.5, 0.6) is 0 Å². The molecule has 0 atom stereocenters. The topological polar surface area (TPSA) is 56.0 Å². The van der Waals surface area contributed by atoms with Crippen LogP contribution in [0.3, 0.4) is 0 Å². The van der Waals surface area contributed by atoms with Crippen LogP contribution in [0.25, 0.3) is 0 Å². The molecule has 3 heteroatoms. The molecule has 2 N–H and O–H groups in total. The molecule has 0 spiro atoms. The van der Waals surface area contributed by atoms with Gasteiger partial charge in [-0.15, -0.1) is 0 Å². The first-order valence-electron chi connectivity index (χ1n) is 3.38. The van der Waals surface area contributed by atoms with Crippen LogP contribution in [0.2, 0.25) is 0 Å². The lowest BCUT2D eigenvalue weighted by Gasteiger charge is -2.00. The molecule has 11 heavy (non-hydrogen) atoms. The number of carbonyl (C=O) groups is 1. The SMILES string of the molecule is Cc1ncc(N)cc1CC=O. The molecule has 58 valence electrons. The molecule has 0 saturated carbocycles. The highest BCUT2D eigenvalue weighted by Gasteiger charge is 1.97. The smallest absolute Gasteiger partial charge is 0.124 e. The largest absolute Gasteiger partial charge is 0.397 e. The number of nitrogen functional groups attached to an aromatic ring is 1. The van der Waals surface area contributed by atoms with Gasteiger partial charge in [0.15, 0.2) is 0 Å². The molecule has 1 aromatic heterocycles. The van der Waals surface area contributed by atoms with E-state index in [9.17, 15) is 4.79 Å². The second-order valence-electron chi connectivity index (χ2n) is 2.38. The average molecular weight is 150 g/mol. The summed E-state index contributed by atoms with van der Waals surface area (Å²) in [5.41, 5.74) is 7.85. The van der Waals surface area contributed by atoms with Gasteiger partial charge in [-0.25, -0.2) is 0 Å². The van der Waals surface area contributed by atoms with Crippen LogP contribution in [0.1, 0.15) is 11.3 Å². The first-order valence-corrected chi connectivity index (χ1v) is 3.38. The van der Waals surface area contributed by atoms with E-state index >= 15 is 0 Å². The van der Waals surface area contributed by atoms with E-state index in [1.54, 1.807) is 12.3 Å². The molecule has 0 aliphatic heterocycles. The summed E-state index contributed by atoms with van der Waals surface area (Å²) in [5.74, 6) is 0. The molecular formula is C8H10N2O. The third-order valence-electron chi connectivity index (χ3n) is 1.52. The standard InChI is InChI=1S/C8H10N2O/c1-6-7(2-3-11)4-8(9)5-10-6/h3-5H,2,9H2,1H3. The van der Waals surface area contributed by atoms with Gasteiger partial charge in [0.1, 0.15) is 6.29 Å². The van der Waals surface area contributed by atoms with E-state index in [0.717, 1.165) is 17.5 Å². The lowest BCUT2D eigenvalue weighted by molar-refractivity contribution is -0.107. The zero-order valence-electron chi connectivity index (χ0n) is 6.37. The van der Waals surface area contributed by atoms with Gasteiger partial charge in [0, 0.05) is 12.1 Å². The zero-order chi connectivity index (χ0) is 8.27. The van der Waals surface area contributed by atoms with Crippen molar-refractivity contribution in [1.29, 1.82) is 0 Å². The van der Waals surface area contributed by atoms with Gasteiger partial charge < -0.3 is 10.5 Å². The molecule has 1 rings (SSSR count). The number of nitrogens with two attached hydrogens (primary N) is 1. The predicted molar refractivity (Wildman–Crippen MR) is 43.2 cm³/mol. The fraction of sp³-hybridized carbons (Fsp3) is 0.250. The van der Waals surface area contributed by atoms with Crippen molar-refractivity contribution in [3.8, 4) is 0 Å². The van der Waals surface area contributed by atoms with Crippen molar-refractivity contribution in [2.45, 2.75) is 13.3 Å². The van der Waals surface area contributed by atoms with E-state index in [2.05, 4.69) is 4.98 Å². The van der Waals surface area contributed by atoms with Gasteiger partial charge in [-0.1, -0.05) is 0 Å². The molecule has 0 aliphatic rings. The lowest BCUT2D eigenvalue weighted by atomic mass is 10.1. The number of aromatic nitrogens is 1. The molecule has 0 fully saturated rings. The quantitative estimate of drug-likeness (QED) is 0.632. The fourth-order valence-corrected chi connectivity index (χ4v) is 0.894. The third kappa shape index (κ3) is 1.77. The number of carbonyl (C=O) groups excluding carboxylic acids is 1. The van der Waals surface area contributed by atoms with Gasteiger partial charge in [0.25, 0.3) is 0 Å². The summed E-state index contributed by atoms with van der Waals surface area (Å²) in [6.07, 6.45) is 2.83. The van der Waals surface area contributed by atoms with Crippen molar-refractivity contribution in [2.24, 2.45) is 0 Å². The van der Waals surface area contributed by atoms with Crippen molar-refractivity contribution in [3.05, 3.63) is 23.5 Å². The third-order valence-corrected chi connectivity index (χ3v) is 1.52. The van der Waals surface area contributed by atoms with Gasteiger partial charge in [-0.05, 0) is 18.6 Å². The van der Waals surface area contributed by atoms with Crippen molar-refractivity contribution >= 4 is 12.0 Å². The van der Waals surface area contributed by atoms with E-state index < -0.39 is 0 Å². The number of aldehydes is 1. The first kappa shape index (κ1) is 7.72. The molecule has 3 nitrogen and oxygen atoms in total. The van der Waals surface area contributed by atoms with Crippen LogP contribution < -0.4 is 5.73 Å². The molecule has 0 saturated heterocycles. The maximum Gasteiger partial charge on any atom is 0.124 e. The number of hydrogen-bond acceptors (Lipinski definition) is 3. The zero-order valence-corrected chi connectivity index (χ0v) is 6.37. The maximum absolute atomic E-state index is 10.2. The van der Waals surface area contributed by atoms with Gasteiger partial charge in [-0.3, -0.25) is 4.98 Å². The van der Waals surface area contributed by atoms with E-state index in [0.29, 0.717) is 12.1 Å². The Labute approximate surface area is 65.2 Å². The fourth-order valence-electron chi connectivity index (χ4n) is 0.894. The van der Waals surface area contributed by atoms with Crippen LogP contribution in [0, 0.1) is 6.92 Å². The molecule has 1 heterocycles. The molecule has 0 aromatic carbocycles. The number of pyridine rings is 1. The number of nitrogens with zero attached hydrogens (tertiary/aromatic N) is 1. The van der Waals surface area contributed by atoms with Crippen LogP contribution in [-0.4, -0.2) is 11.3 Å². The minimum absolute atomic E-state index is 0.393. The highest BCUT2D eigenvalue weighted by molar-refractivity contribution is 5.57. The molecule has 0 bridgehead atoms. The minimum Gasteiger partial charge on any atom is -0.397 e. The normalized spacial score (nSPS) is 9.55. The maximum atomic E-state index is 10.2. The van der Waals surface area contributed by atoms with E-state index in [1.165, 1.54) is 0 Å². The average Bonchev–Trinajstić information content (AvgIpc) is 1.98. The monoisotopic (exact) mass is 150 g/mol. The van der Waals surface area contributed by atoms with Crippen molar-refractivity contribution in [3.63, 3.8) is 0 Å². The Morgan fingerprint density at radius 3 is 3.09 bits per heavy atom. The molecular weight excluding hydrogens is 140 g/mol. The van der Waals surface area contributed by atoms with Crippen molar-refractivity contribution in [2.75, 3.05) is 5.73 Å². The summed E-state index contributed by atoms with van der Waals surface area (Å²) in [5, 5.41) is 0. The minimum atomic E-state index is 0.393. The van der Waals surface area contributed by atoms with E-state index in [4.69, 9.17) is 5.73 Å². The Balaban J connectivity index is 3.01. The highest BCUT2D eigenvalue weighted by atomic mass is 16.1. The highest BCUT2D eigenvalue weighted by Crippen LogP contribution is 2.08. The predicted octanol–water partition coefficient (Wildman–Crippen LogP) is 0.714. The summed E-state index contributed by atoms with van der Waals surface area (Å²) < 4.78 is 0. The molecule has 0 amide bonds. The molecule has 0 aliphatic carbocycles. The number of rotatable bonds is 2. The summed E-state index contributed by atoms with van der Waals surface area (Å²) in [7, 11) is 0. The Morgan fingerprint density at radius 1 is 1.73 bits per heavy atom. The van der Waals surface area contributed by atoms with Crippen molar-refractivity contribution < 1.29 is 4.79 Å². The van der Waals surface area contributed by atoms with Crippen LogP contribution >= 0.6 is 0 Å². The second kappa shape index (κ2) is 3.14. The number of aryl methyl sites for hydroxylation is 1. The van der Waals surface area contributed by atoms with Gasteiger partial charge in [0.2, 0.25) is 0 Å². The summed E-state index contributed by atoms with van der Waals surface area (Å²) in [4.78, 5) is 14.2. The molecule has 0 unspecified atom stereocenters. The van der Waals surface area contributed by atoms with Gasteiger partial charge >= 0.3 is 0 Å².